The highest BCUT2D eigenvalue weighted by atomic mass is 16.4. The van der Waals surface area contributed by atoms with Crippen LogP contribution in [0.1, 0.15) is 30.1 Å². The summed E-state index contributed by atoms with van der Waals surface area (Å²) >= 11 is 0. The van der Waals surface area contributed by atoms with Gasteiger partial charge in [-0.15, -0.1) is 0 Å². The number of hydrogen-bond donors (Lipinski definition) is 3. The molecule has 0 aliphatic heterocycles. The maximum Gasteiger partial charge on any atom is 0.335 e. The molecule has 5 heteroatoms. The van der Waals surface area contributed by atoms with Crippen LogP contribution in [0, 0.1) is 0 Å². The Morgan fingerprint density at radius 3 is 2.68 bits per heavy atom. The van der Waals surface area contributed by atoms with E-state index in [2.05, 4.69) is 0 Å². The number of aromatic carboxylic acids is 1. The van der Waals surface area contributed by atoms with Gasteiger partial charge in [-0.3, -0.25) is 0 Å². The number of aliphatic hydroxyl groups is 2. The third kappa shape index (κ3) is 5.28. The van der Waals surface area contributed by atoms with Crippen molar-refractivity contribution in [3.8, 4) is 0 Å². The van der Waals surface area contributed by atoms with Crippen LogP contribution in [0.2, 0.25) is 0 Å². The highest BCUT2D eigenvalue weighted by molar-refractivity contribution is 5.88. The molecule has 0 aromatic heterocycles. The summed E-state index contributed by atoms with van der Waals surface area (Å²) in [6, 6.07) is 6.70. The van der Waals surface area contributed by atoms with Crippen molar-refractivity contribution >= 4 is 11.7 Å². The lowest BCUT2D eigenvalue weighted by Gasteiger charge is -2.25. The van der Waals surface area contributed by atoms with Crippen LogP contribution in [0.15, 0.2) is 24.3 Å². The zero-order valence-corrected chi connectivity index (χ0v) is 11.1. The molecule has 1 atom stereocenters. The Balaban J connectivity index is 2.82. The fraction of sp³-hybridized carbons (Fsp3) is 0.500. The second-order valence-corrected chi connectivity index (χ2v) is 4.56. The third-order valence-corrected chi connectivity index (χ3v) is 2.86. The second-order valence-electron chi connectivity index (χ2n) is 4.56. The Morgan fingerprint density at radius 2 is 2.11 bits per heavy atom. The molecule has 1 aromatic carbocycles. The number of anilines is 1. The minimum absolute atomic E-state index is 0.0871. The van der Waals surface area contributed by atoms with Gasteiger partial charge >= 0.3 is 5.97 Å². The second kappa shape index (κ2) is 7.76. The first-order valence-electron chi connectivity index (χ1n) is 6.42. The molecular formula is C14H21NO4. The van der Waals surface area contributed by atoms with Crippen molar-refractivity contribution in [2.24, 2.45) is 0 Å². The van der Waals surface area contributed by atoms with Gasteiger partial charge in [-0.25, -0.2) is 4.79 Å². The first kappa shape index (κ1) is 15.5. The Labute approximate surface area is 113 Å². The van der Waals surface area contributed by atoms with E-state index in [1.54, 1.807) is 25.1 Å². The normalized spacial score (nSPS) is 12.2. The first-order chi connectivity index (χ1) is 9.04. The maximum atomic E-state index is 11.0. The van der Waals surface area contributed by atoms with E-state index >= 15 is 0 Å². The topological polar surface area (TPSA) is 81.0 Å². The van der Waals surface area contributed by atoms with Gasteiger partial charge in [-0.05, 0) is 38.0 Å². The Hall–Kier alpha value is -1.59. The number of benzene rings is 1. The maximum absolute atomic E-state index is 11.0. The Kier molecular flexibility index (Phi) is 6.32. The van der Waals surface area contributed by atoms with Crippen LogP contribution in [0.25, 0.3) is 0 Å². The summed E-state index contributed by atoms with van der Waals surface area (Å²) in [5, 5.41) is 27.2. The predicted molar refractivity (Wildman–Crippen MR) is 73.6 cm³/mol. The summed E-state index contributed by atoms with van der Waals surface area (Å²) < 4.78 is 0. The minimum Gasteiger partial charge on any atom is -0.478 e. The zero-order valence-electron chi connectivity index (χ0n) is 11.1. The summed E-state index contributed by atoms with van der Waals surface area (Å²) in [6.07, 6.45) is 0.805. The van der Waals surface area contributed by atoms with Gasteiger partial charge < -0.3 is 20.2 Å². The molecule has 0 radical (unpaired) electrons. The van der Waals surface area contributed by atoms with Crippen LogP contribution in [0.3, 0.4) is 0 Å². The number of rotatable bonds is 8. The average Bonchev–Trinajstić information content (AvgIpc) is 2.38. The molecule has 0 spiro atoms. The van der Waals surface area contributed by atoms with E-state index in [1.807, 2.05) is 11.0 Å². The van der Waals surface area contributed by atoms with Crippen LogP contribution < -0.4 is 4.90 Å². The number of carbonyl (C=O) groups is 1. The standard InChI is InChI=1S/C14H21NO4/c1-11(17)6-8-15(7-3-9-16)13-5-2-4-12(10-13)14(18)19/h2,4-5,10-11,16-17H,3,6-9H2,1H3,(H,18,19). The Bertz CT molecular complexity index is 406. The number of nitrogens with zero attached hydrogens (tertiary/aromatic N) is 1. The van der Waals surface area contributed by atoms with Crippen LogP contribution in [0.4, 0.5) is 5.69 Å². The molecule has 1 rings (SSSR count). The molecule has 0 fully saturated rings. The molecule has 19 heavy (non-hydrogen) atoms. The van der Waals surface area contributed by atoms with Gasteiger partial charge in [0.05, 0.1) is 11.7 Å². The molecule has 0 saturated heterocycles. The number of hydrogen-bond acceptors (Lipinski definition) is 4. The molecule has 0 aliphatic carbocycles. The van der Waals surface area contributed by atoms with E-state index in [4.69, 9.17) is 10.2 Å². The highest BCUT2D eigenvalue weighted by Crippen LogP contribution is 2.17. The van der Waals surface area contributed by atoms with Crippen molar-refractivity contribution in [3.63, 3.8) is 0 Å². The molecule has 1 unspecified atom stereocenters. The van der Waals surface area contributed by atoms with Crippen LogP contribution in [-0.4, -0.2) is 47.1 Å². The van der Waals surface area contributed by atoms with Gasteiger partial charge in [-0.1, -0.05) is 6.07 Å². The van der Waals surface area contributed by atoms with Crippen LogP contribution in [-0.2, 0) is 0 Å². The van der Waals surface area contributed by atoms with Gasteiger partial charge in [0.2, 0.25) is 0 Å². The summed E-state index contributed by atoms with van der Waals surface area (Å²) in [6.45, 7) is 3.06. The lowest BCUT2D eigenvalue weighted by Crippen LogP contribution is -2.28. The largest absolute Gasteiger partial charge is 0.478 e. The first-order valence-corrected chi connectivity index (χ1v) is 6.42. The monoisotopic (exact) mass is 267 g/mol. The fourth-order valence-corrected chi connectivity index (χ4v) is 1.81. The number of carboxylic acids is 1. The molecule has 1 aromatic rings. The fourth-order valence-electron chi connectivity index (χ4n) is 1.81. The molecule has 0 heterocycles. The number of aliphatic hydroxyl groups excluding tert-OH is 2. The van der Waals surface area contributed by atoms with E-state index in [9.17, 15) is 9.90 Å². The van der Waals surface area contributed by atoms with E-state index in [0.29, 0.717) is 25.9 Å². The van der Waals surface area contributed by atoms with E-state index in [1.165, 1.54) is 0 Å². The van der Waals surface area contributed by atoms with Gasteiger partial charge in [0.15, 0.2) is 0 Å². The lowest BCUT2D eigenvalue weighted by molar-refractivity contribution is 0.0697. The van der Waals surface area contributed by atoms with Gasteiger partial charge in [0.1, 0.15) is 0 Å². The smallest absolute Gasteiger partial charge is 0.335 e. The Morgan fingerprint density at radius 1 is 1.37 bits per heavy atom. The van der Waals surface area contributed by atoms with Crippen molar-refractivity contribution in [1.82, 2.24) is 0 Å². The molecule has 0 aliphatic rings. The van der Waals surface area contributed by atoms with Crippen molar-refractivity contribution in [3.05, 3.63) is 29.8 Å². The summed E-state index contributed by atoms with van der Waals surface area (Å²) in [5.74, 6) is -0.959. The van der Waals surface area contributed by atoms with E-state index in [-0.39, 0.29) is 12.2 Å². The molecule has 0 amide bonds. The van der Waals surface area contributed by atoms with Gasteiger partial charge in [0.25, 0.3) is 0 Å². The van der Waals surface area contributed by atoms with Crippen LogP contribution >= 0.6 is 0 Å². The van der Waals surface area contributed by atoms with Crippen molar-refractivity contribution < 1.29 is 20.1 Å². The van der Waals surface area contributed by atoms with E-state index in [0.717, 1.165) is 5.69 Å². The molecule has 5 nitrogen and oxygen atoms in total. The summed E-state index contributed by atoms with van der Waals surface area (Å²) in [7, 11) is 0. The van der Waals surface area contributed by atoms with Crippen LogP contribution in [0.5, 0.6) is 0 Å². The molecule has 0 saturated carbocycles. The highest BCUT2D eigenvalue weighted by Gasteiger charge is 2.10. The third-order valence-electron chi connectivity index (χ3n) is 2.86. The molecule has 106 valence electrons. The summed E-state index contributed by atoms with van der Waals surface area (Å²) in [4.78, 5) is 12.9. The lowest BCUT2D eigenvalue weighted by atomic mass is 10.1. The molecule has 0 bridgehead atoms. The SMILES string of the molecule is CC(O)CCN(CCCO)c1cccc(C(=O)O)c1. The van der Waals surface area contributed by atoms with Crippen molar-refractivity contribution in [1.29, 1.82) is 0 Å². The van der Waals surface area contributed by atoms with Crippen molar-refractivity contribution in [2.45, 2.75) is 25.9 Å². The quantitative estimate of drug-likeness (QED) is 0.662. The van der Waals surface area contributed by atoms with Crippen molar-refractivity contribution in [2.75, 3.05) is 24.6 Å². The summed E-state index contributed by atoms with van der Waals surface area (Å²) in [5.41, 5.74) is 1.04. The van der Waals surface area contributed by atoms with E-state index < -0.39 is 12.1 Å². The van der Waals surface area contributed by atoms with Gasteiger partial charge in [0, 0.05) is 25.4 Å². The predicted octanol–water partition coefficient (Wildman–Crippen LogP) is 1.34. The average molecular weight is 267 g/mol. The van der Waals surface area contributed by atoms with Gasteiger partial charge in [-0.2, -0.15) is 0 Å². The molecular weight excluding hydrogens is 246 g/mol. The minimum atomic E-state index is -0.959. The zero-order chi connectivity index (χ0) is 14.3. The number of carboxylic acid groups (broad SMARTS) is 1. The molecule has 3 N–H and O–H groups in total.